The van der Waals surface area contributed by atoms with Crippen LogP contribution >= 0.6 is 0 Å². The predicted molar refractivity (Wildman–Crippen MR) is 213 cm³/mol. The van der Waals surface area contributed by atoms with Crippen molar-refractivity contribution < 1.29 is 71.9 Å². The molecule has 0 aliphatic carbocycles. The molecule has 0 bridgehead atoms. The maximum atomic E-state index is 13.8. The highest BCUT2D eigenvalue weighted by atomic mass is 16.6. The number of nitrogens with zero attached hydrogens (tertiary/aromatic N) is 2. The van der Waals surface area contributed by atoms with Gasteiger partial charge in [-0.1, -0.05) is 18.2 Å². The van der Waals surface area contributed by atoms with E-state index in [4.69, 9.17) is 33.5 Å². The van der Waals surface area contributed by atoms with E-state index in [-0.39, 0.29) is 52.4 Å². The van der Waals surface area contributed by atoms with Crippen LogP contribution < -0.4 is 26.7 Å². The van der Waals surface area contributed by atoms with Gasteiger partial charge in [-0.3, -0.25) is 43.8 Å². The van der Waals surface area contributed by atoms with Gasteiger partial charge in [0.15, 0.2) is 18.4 Å². The average molecular weight is 864 g/mol. The molecule has 3 rings (SSSR count). The summed E-state index contributed by atoms with van der Waals surface area (Å²) in [5, 5.41) is 22.0. The maximum absolute atomic E-state index is 13.8. The molecule has 6 atom stereocenters. The fourth-order valence-electron chi connectivity index (χ4n) is 6.38. The van der Waals surface area contributed by atoms with Crippen molar-refractivity contribution in [3.05, 3.63) is 36.0 Å². The first-order chi connectivity index (χ1) is 29.0. The van der Waals surface area contributed by atoms with E-state index in [1.54, 1.807) is 7.05 Å². The molecule has 61 heavy (non-hydrogen) atoms. The highest BCUT2D eigenvalue weighted by molar-refractivity contribution is 5.92. The maximum Gasteiger partial charge on any atom is 0.305 e. The second-order valence-corrected chi connectivity index (χ2v) is 14.0. The molecule has 0 unspecified atom stereocenters. The van der Waals surface area contributed by atoms with Crippen molar-refractivity contribution >= 4 is 58.4 Å². The minimum Gasteiger partial charge on any atom is -0.481 e. The second kappa shape index (κ2) is 25.2. The van der Waals surface area contributed by atoms with Crippen LogP contribution in [0, 0.1) is 0 Å². The van der Waals surface area contributed by atoms with Crippen molar-refractivity contribution in [2.24, 2.45) is 0 Å². The Morgan fingerprint density at radius 2 is 1.52 bits per heavy atom. The molecule has 4 amide bonds. The van der Waals surface area contributed by atoms with E-state index in [0.717, 1.165) is 44.3 Å². The number of hydrazine groups is 1. The normalized spacial score (nSPS) is 19.0. The SMILES string of the molecule is CNN(C)Cc1cc2ccccc2n1CCC(=O)N[C@@H](CC(=O)N[C@H]1O[C@@H](COC(C)=O)[C@H](OC(C)=O)[C@@H](OC(C)=O)[C@@H]1NC(C)=O)C(=O)NCCOCCOCCC(=O)O. The van der Waals surface area contributed by atoms with Crippen molar-refractivity contribution in [1.29, 1.82) is 0 Å². The van der Waals surface area contributed by atoms with E-state index in [2.05, 4.69) is 26.7 Å². The van der Waals surface area contributed by atoms with Crippen LogP contribution in [0.2, 0.25) is 0 Å². The third-order valence-electron chi connectivity index (χ3n) is 9.08. The summed E-state index contributed by atoms with van der Waals surface area (Å²) in [5.74, 6) is -6.16. The number of aliphatic carboxylic acids is 1. The number of para-hydroxylation sites is 1. The average Bonchev–Trinajstić information content (AvgIpc) is 3.53. The number of nitrogens with one attached hydrogen (secondary N) is 5. The van der Waals surface area contributed by atoms with E-state index in [9.17, 15) is 38.4 Å². The Balaban J connectivity index is 1.82. The van der Waals surface area contributed by atoms with Gasteiger partial charge in [-0.05, 0) is 24.6 Å². The number of rotatable bonds is 25. The van der Waals surface area contributed by atoms with Crippen LogP contribution in [0.5, 0.6) is 0 Å². The van der Waals surface area contributed by atoms with Gasteiger partial charge < -0.3 is 59.4 Å². The molecule has 0 radical (unpaired) electrons. The number of esters is 3. The smallest absolute Gasteiger partial charge is 0.305 e. The number of benzene rings is 1. The molecule has 1 aromatic heterocycles. The fraction of sp³-hybridized carbons (Fsp3) is 0.590. The van der Waals surface area contributed by atoms with Gasteiger partial charge in [-0.2, -0.15) is 0 Å². The molecule has 1 saturated heterocycles. The lowest BCUT2D eigenvalue weighted by molar-refractivity contribution is -0.228. The van der Waals surface area contributed by atoms with Crippen LogP contribution in [0.15, 0.2) is 30.3 Å². The molecule has 2 aromatic rings. The van der Waals surface area contributed by atoms with Gasteiger partial charge in [0.1, 0.15) is 24.8 Å². The van der Waals surface area contributed by atoms with Gasteiger partial charge in [0, 0.05) is 65.5 Å². The zero-order chi connectivity index (χ0) is 45.1. The lowest BCUT2D eigenvalue weighted by atomic mass is 9.94. The third kappa shape index (κ3) is 17.1. The Hall–Kier alpha value is -5.68. The number of fused-ring (bicyclic) bond motifs is 1. The Bertz CT molecular complexity index is 1840. The first-order valence-electron chi connectivity index (χ1n) is 19.6. The van der Waals surface area contributed by atoms with Gasteiger partial charge in [0.25, 0.3) is 0 Å². The topological polar surface area (TPSA) is 280 Å². The van der Waals surface area contributed by atoms with Crippen molar-refractivity contribution in [2.75, 3.05) is 53.7 Å². The fourth-order valence-corrected chi connectivity index (χ4v) is 6.38. The molecule has 6 N–H and O–H groups in total. The minimum atomic E-state index is -1.50. The monoisotopic (exact) mass is 863 g/mol. The largest absolute Gasteiger partial charge is 0.481 e. The molecule has 0 spiro atoms. The van der Waals surface area contributed by atoms with Crippen molar-refractivity contribution in [3.8, 4) is 0 Å². The third-order valence-corrected chi connectivity index (χ3v) is 9.08. The van der Waals surface area contributed by atoms with Crippen LogP contribution in [-0.4, -0.2) is 152 Å². The lowest BCUT2D eigenvalue weighted by Crippen LogP contribution is -2.69. The Labute approximate surface area is 352 Å². The quantitative estimate of drug-likeness (QED) is 0.0298. The van der Waals surface area contributed by atoms with Gasteiger partial charge in [0.2, 0.25) is 23.6 Å². The highest BCUT2D eigenvalue weighted by Crippen LogP contribution is 2.27. The number of carbonyl (C=O) groups excluding carboxylic acids is 7. The second-order valence-electron chi connectivity index (χ2n) is 14.0. The van der Waals surface area contributed by atoms with E-state index in [1.807, 2.05) is 47.0 Å². The van der Waals surface area contributed by atoms with Crippen LogP contribution in [0.4, 0.5) is 0 Å². The molecular weight excluding hydrogens is 806 g/mol. The molecule has 1 fully saturated rings. The highest BCUT2D eigenvalue weighted by Gasteiger charge is 2.51. The zero-order valence-electron chi connectivity index (χ0n) is 35.2. The first kappa shape index (κ1) is 49.7. The number of amides is 4. The summed E-state index contributed by atoms with van der Waals surface area (Å²) in [6.45, 7) is 4.90. The molecule has 22 heteroatoms. The number of hydrogen-bond acceptors (Lipinski definition) is 16. The summed E-state index contributed by atoms with van der Waals surface area (Å²) in [4.78, 5) is 100. The number of ether oxygens (including phenoxy) is 6. The van der Waals surface area contributed by atoms with E-state index in [1.165, 1.54) is 0 Å². The predicted octanol–water partition coefficient (Wildman–Crippen LogP) is -1.13. The van der Waals surface area contributed by atoms with Crippen LogP contribution in [0.3, 0.4) is 0 Å². The summed E-state index contributed by atoms with van der Waals surface area (Å²) < 4.78 is 34.6. The van der Waals surface area contributed by atoms with Crippen molar-refractivity contribution in [3.63, 3.8) is 0 Å². The molecule has 22 nitrogen and oxygen atoms in total. The summed E-state index contributed by atoms with van der Waals surface area (Å²) in [6, 6.07) is 6.90. The van der Waals surface area contributed by atoms with Crippen LogP contribution in [-0.2, 0) is 79.9 Å². The van der Waals surface area contributed by atoms with Gasteiger partial charge >= 0.3 is 23.9 Å². The molecule has 1 aliphatic heterocycles. The lowest BCUT2D eigenvalue weighted by Gasteiger charge is -2.45. The zero-order valence-corrected chi connectivity index (χ0v) is 35.2. The summed E-state index contributed by atoms with van der Waals surface area (Å²) >= 11 is 0. The molecule has 2 heterocycles. The molecule has 0 saturated carbocycles. The number of hydrogen-bond donors (Lipinski definition) is 6. The molecule has 338 valence electrons. The Morgan fingerprint density at radius 3 is 2.16 bits per heavy atom. The minimum absolute atomic E-state index is 0.00915. The van der Waals surface area contributed by atoms with Crippen LogP contribution in [0.25, 0.3) is 10.9 Å². The van der Waals surface area contributed by atoms with E-state index >= 15 is 0 Å². The Kier molecular flexibility index (Phi) is 20.5. The summed E-state index contributed by atoms with van der Waals surface area (Å²) in [7, 11) is 3.66. The van der Waals surface area contributed by atoms with E-state index < -0.39 is 97.2 Å². The number of carboxylic acid groups (broad SMARTS) is 1. The van der Waals surface area contributed by atoms with Crippen molar-refractivity contribution in [2.45, 2.75) is 96.7 Å². The van der Waals surface area contributed by atoms with Crippen molar-refractivity contribution in [1.82, 2.24) is 36.3 Å². The van der Waals surface area contributed by atoms with Gasteiger partial charge in [0.05, 0.1) is 45.8 Å². The summed E-state index contributed by atoms with van der Waals surface area (Å²) in [6.07, 6.45) is -6.56. The summed E-state index contributed by atoms with van der Waals surface area (Å²) in [5.41, 5.74) is 4.87. The first-order valence-corrected chi connectivity index (χ1v) is 19.6. The van der Waals surface area contributed by atoms with Gasteiger partial charge in [-0.25, -0.2) is 5.01 Å². The number of carbonyl (C=O) groups is 8. The number of aryl methyl sites for hydroxylation is 1. The van der Waals surface area contributed by atoms with Gasteiger partial charge in [-0.15, -0.1) is 0 Å². The molecule has 1 aromatic carbocycles. The van der Waals surface area contributed by atoms with E-state index in [0.29, 0.717) is 6.54 Å². The molecular formula is C39H57N7O15. The molecule has 1 aliphatic rings. The number of aromatic nitrogens is 1. The Morgan fingerprint density at radius 1 is 0.852 bits per heavy atom. The number of carboxylic acids is 1. The van der Waals surface area contributed by atoms with Crippen LogP contribution in [0.1, 0.15) is 52.7 Å². The standard InChI is InChI=1S/C39H57N7O15/c1-23(47)42-35-37(60-26(4)50)36(59-25(3)49)31(22-58-24(2)48)61-39(35)44-33(52)20-29(38(55)41-13-16-57-18-17-56-15-12-34(53)54)43-32(51)11-14-46-28(21-45(6)40-5)19-27-9-7-8-10-30(27)46/h7-10,19,29,31,35-37,39-40H,11-18,20-22H2,1-6H3,(H,41,55)(H,42,47)(H,43,51)(H,44,52)(H,53,54)/t29-,31-,35-,36-,37-,39-/m0/s1.